The van der Waals surface area contributed by atoms with E-state index in [0.29, 0.717) is 18.8 Å². The maximum atomic E-state index is 12.5. The van der Waals surface area contributed by atoms with E-state index in [1.807, 2.05) is 25.7 Å². The number of carbonyl (C=O) groups is 2. The van der Waals surface area contributed by atoms with Crippen molar-refractivity contribution in [2.75, 3.05) is 13.1 Å². The molecule has 2 unspecified atom stereocenters. The van der Waals surface area contributed by atoms with Crippen LogP contribution in [0.1, 0.15) is 50.6 Å². The zero-order valence-corrected chi connectivity index (χ0v) is 13.9. The van der Waals surface area contributed by atoms with Crippen LogP contribution in [0.2, 0.25) is 0 Å². The molecular weight excluding hydrogens is 296 g/mol. The highest BCUT2D eigenvalue weighted by molar-refractivity contribution is 5.91. The molecule has 2 atom stereocenters. The third-order valence-corrected chi connectivity index (χ3v) is 4.35. The van der Waals surface area contributed by atoms with E-state index in [1.54, 1.807) is 17.0 Å². The van der Waals surface area contributed by atoms with Gasteiger partial charge in [0.05, 0.1) is 18.3 Å². The summed E-state index contributed by atoms with van der Waals surface area (Å²) in [6, 6.07) is 3.44. The van der Waals surface area contributed by atoms with Gasteiger partial charge in [-0.1, -0.05) is 0 Å². The Morgan fingerprint density at radius 3 is 2.39 bits per heavy atom. The molecule has 6 nitrogen and oxygen atoms in total. The van der Waals surface area contributed by atoms with Crippen LogP contribution < -0.4 is 0 Å². The molecule has 0 aromatic carbocycles. The van der Waals surface area contributed by atoms with Crippen LogP contribution in [-0.2, 0) is 4.74 Å². The van der Waals surface area contributed by atoms with Crippen molar-refractivity contribution in [3.63, 3.8) is 0 Å². The van der Waals surface area contributed by atoms with Crippen LogP contribution in [0.4, 0.5) is 4.79 Å². The minimum Gasteiger partial charge on any atom is -0.459 e. The molecule has 2 bridgehead atoms. The maximum absolute atomic E-state index is 12.5. The number of hydrogen-bond acceptors (Lipinski definition) is 4. The van der Waals surface area contributed by atoms with Crippen LogP contribution in [0.3, 0.4) is 0 Å². The van der Waals surface area contributed by atoms with Gasteiger partial charge in [-0.3, -0.25) is 9.69 Å². The SMILES string of the molecule is CC(C)(C)OC(=O)N1C2CCCC1CN(C(=O)c1ccco1)C2. The number of furan rings is 1. The predicted octanol–water partition coefficient (Wildman–Crippen LogP) is 2.89. The van der Waals surface area contributed by atoms with Gasteiger partial charge < -0.3 is 14.1 Å². The van der Waals surface area contributed by atoms with E-state index in [1.165, 1.54) is 6.26 Å². The molecule has 0 aliphatic carbocycles. The van der Waals surface area contributed by atoms with E-state index in [0.717, 1.165) is 19.3 Å². The Bertz CT molecular complexity index is 562. The summed E-state index contributed by atoms with van der Waals surface area (Å²) < 4.78 is 10.8. The van der Waals surface area contributed by atoms with Crippen molar-refractivity contribution in [3.8, 4) is 0 Å². The third-order valence-electron chi connectivity index (χ3n) is 4.35. The zero-order chi connectivity index (χ0) is 16.6. The lowest BCUT2D eigenvalue weighted by Gasteiger charge is -2.49. The van der Waals surface area contributed by atoms with Crippen molar-refractivity contribution in [2.24, 2.45) is 0 Å². The summed E-state index contributed by atoms with van der Waals surface area (Å²) in [4.78, 5) is 28.7. The smallest absolute Gasteiger partial charge is 0.410 e. The van der Waals surface area contributed by atoms with Crippen molar-refractivity contribution >= 4 is 12.0 Å². The quantitative estimate of drug-likeness (QED) is 0.798. The molecular formula is C17H24N2O4. The van der Waals surface area contributed by atoms with Crippen molar-refractivity contribution in [3.05, 3.63) is 24.2 Å². The normalized spacial score (nSPS) is 24.5. The summed E-state index contributed by atoms with van der Waals surface area (Å²) in [5.74, 6) is 0.254. The second kappa shape index (κ2) is 5.91. The summed E-state index contributed by atoms with van der Waals surface area (Å²) >= 11 is 0. The largest absolute Gasteiger partial charge is 0.459 e. The monoisotopic (exact) mass is 320 g/mol. The molecule has 2 amide bonds. The molecule has 2 fully saturated rings. The molecule has 2 aliphatic rings. The summed E-state index contributed by atoms with van der Waals surface area (Å²) in [7, 11) is 0. The molecule has 6 heteroatoms. The van der Waals surface area contributed by atoms with Gasteiger partial charge in [0.15, 0.2) is 5.76 Å². The Balaban J connectivity index is 1.73. The highest BCUT2D eigenvalue weighted by Gasteiger charge is 2.43. The Hall–Kier alpha value is -1.98. The minimum atomic E-state index is -0.507. The number of piperidine rings is 1. The number of amides is 2. The van der Waals surface area contributed by atoms with Gasteiger partial charge in [-0.25, -0.2) is 4.79 Å². The zero-order valence-electron chi connectivity index (χ0n) is 13.9. The van der Waals surface area contributed by atoms with Crippen molar-refractivity contribution < 1.29 is 18.7 Å². The van der Waals surface area contributed by atoms with Gasteiger partial charge in [-0.15, -0.1) is 0 Å². The molecule has 0 spiro atoms. The number of carbonyl (C=O) groups excluding carboxylic acids is 2. The summed E-state index contributed by atoms with van der Waals surface area (Å²) in [5, 5.41) is 0. The van der Waals surface area contributed by atoms with Gasteiger partial charge in [0.25, 0.3) is 5.91 Å². The summed E-state index contributed by atoms with van der Waals surface area (Å²) in [5.41, 5.74) is -0.507. The molecule has 126 valence electrons. The lowest BCUT2D eigenvalue weighted by Crippen LogP contribution is -2.64. The van der Waals surface area contributed by atoms with Crippen LogP contribution >= 0.6 is 0 Å². The molecule has 1 aromatic heterocycles. The van der Waals surface area contributed by atoms with Crippen LogP contribution in [0.15, 0.2) is 22.8 Å². The Kier molecular flexibility index (Phi) is 4.08. The number of ether oxygens (including phenoxy) is 1. The van der Waals surface area contributed by atoms with Crippen LogP contribution in [-0.4, -0.2) is 52.6 Å². The van der Waals surface area contributed by atoms with Gasteiger partial charge in [-0.2, -0.15) is 0 Å². The number of piperazine rings is 1. The molecule has 2 aliphatic heterocycles. The van der Waals surface area contributed by atoms with Crippen LogP contribution in [0.5, 0.6) is 0 Å². The van der Waals surface area contributed by atoms with E-state index < -0.39 is 5.60 Å². The van der Waals surface area contributed by atoms with Gasteiger partial charge in [-0.05, 0) is 52.2 Å². The Morgan fingerprint density at radius 1 is 1.22 bits per heavy atom. The first kappa shape index (κ1) is 15.9. The van der Waals surface area contributed by atoms with Gasteiger partial charge in [0, 0.05) is 13.1 Å². The molecule has 3 heterocycles. The first-order chi connectivity index (χ1) is 10.8. The fraction of sp³-hybridized carbons (Fsp3) is 0.647. The second-order valence-corrected chi connectivity index (χ2v) is 7.31. The van der Waals surface area contributed by atoms with Crippen LogP contribution in [0.25, 0.3) is 0 Å². The summed E-state index contributed by atoms with van der Waals surface area (Å²) in [6.07, 6.45) is 4.12. The Morgan fingerprint density at radius 2 is 1.87 bits per heavy atom. The van der Waals surface area contributed by atoms with Crippen molar-refractivity contribution in [2.45, 2.75) is 57.7 Å². The number of fused-ring (bicyclic) bond motifs is 2. The molecule has 0 radical (unpaired) electrons. The van der Waals surface area contributed by atoms with Crippen molar-refractivity contribution in [1.82, 2.24) is 9.80 Å². The average Bonchev–Trinajstić information content (AvgIpc) is 2.97. The molecule has 23 heavy (non-hydrogen) atoms. The first-order valence-electron chi connectivity index (χ1n) is 8.19. The van der Waals surface area contributed by atoms with Gasteiger partial charge in [0.2, 0.25) is 0 Å². The van der Waals surface area contributed by atoms with E-state index in [4.69, 9.17) is 9.15 Å². The number of hydrogen-bond donors (Lipinski definition) is 0. The van der Waals surface area contributed by atoms with Gasteiger partial charge in [0.1, 0.15) is 5.60 Å². The molecule has 2 saturated heterocycles. The number of nitrogens with zero attached hydrogens (tertiary/aromatic N) is 2. The first-order valence-corrected chi connectivity index (χ1v) is 8.19. The maximum Gasteiger partial charge on any atom is 0.410 e. The third kappa shape index (κ3) is 3.35. The predicted molar refractivity (Wildman–Crippen MR) is 84.1 cm³/mol. The van der Waals surface area contributed by atoms with E-state index in [-0.39, 0.29) is 24.1 Å². The lowest BCUT2D eigenvalue weighted by atomic mass is 9.91. The van der Waals surface area contributed by atoms with E-state index in [9.17, 15) is 9.59 Å². The lowest BCUT2D eigenvalue weighted by molar-refractivity contribution is -0.0339. The van der Waals surface area contributed by atoms with Gasteiger partial charge >= 0.3 is 6.09 Å². The highest BCUT2D eigenvalue weighted by Crippen LogP contribution is 2.31. The molecule has 0 saturated carbocycles. The minimum absolute atomic E-state index is 0.0243. The van der Waals surface area contributed by atoms with E-state index >= 15 is 0 Å². The standard InChI is InChI=1S/C17H24N2O4/c1-17(2,3)23-16(21)19-12-6-4-7-13(19)11-18(10-12)15(20)14-8-5-9-22-14/h5,8-9,12-13H,4,6-7,10-11H2,1-3H3. The fourth-order valence-electron chi connectivity index (χ4n) is 3.44. The molecule has 1 aromatic rings. The Labute approximate surface area is 136 Å². The van der Waals surface area contributed by atoms with Crippen LogP contribution in [0, 0.1) is 0 Å². The highest BCUT2D eigenvalue weighted by atomic mass is 16.6. The molecule has 3 rings (SSSR count). The number of likely N-dealkylation sites (tertiary alicyclic amines) is 1. The fourth-order valence-corrected chi connectivity index (χ4v) is 3.44. The average molecular weight is 320 g/mol. The van der Waals surface area contributed by atoms with E-state index in [2.05, 4.69) is 0 Å². The van der Waals surface area contributed by atoms with Crippen molar-refractivity contribution in [1.29, 1.82) is 0 Å². The topological polar surface area (TPSA) is 63.0 Å². The summed E-state index contributed by atoms with van der Waals surface area (Å²) in [6.45, 7) is 6.69. The second-order valence-electron chi connectivity index (χ2n) is 7.31. The molecule has 0 N–H and O–H groups in total. The number of rotatable bonds is 1.